The highest BCUT2D eigenvalue weighted by atomic mass is 16.2. The lowest BCUT2D eigenvalue weighted by Crippen LogP contribution is -2.16. The SMILES string of the molecule is Cn1nc(N)cc1C(=O)n1cccn1. The van der Waals surface area contributed by atoms with Crippen molar-refractivity contribution in [1.82, 2.24) is 19.6 Å². The van der Waals surface area contributed by atoms with Crippen LogP contribution in [0, 0.1) is 0 Å². The number of rotatable bonds is 1. The third kappa shape index (κ3) is 1.26. The van der Waals surface area contributed by atoms with E-state index in [-0.39, 0.29) is 5.91 Å². The zero-order valence-electron chi connectivity index (χ0n) is 7.58. The van der Waals surface area contributed by atoms with Gasteiger partial charge in [0.25, 0.3) is 5.91 Å². The fourth-order valence-corrected chi connectivity index (χ4v) is 1.20. The molecule has 2 N–H and O–H groups in total. The van der Waals surface area contributed by atoms with Crippen LogP contribution >= 0.6 is 0 Å². The second-order valence-corrected chi connectivity index (χ2v) is 2.83. The summed E-state index contributed by atoms with van der Waals surface area (Å²) in [6.07, 6.45) is 3.11. The van der Waals surface area contributed by atoms with Crippen LogP contribution in [0.25, 0.3) is 0 Å². The van der Waals surface area contributed by atoms with Gasteiger partial charge in [0.2, 0.25) is 0 Å². The highest BCUT2D eigenvalue weighted by Crippen LogP contribution is 2.05. The van der Waals surface area contributed by atoms with Crippen LogP contribution in [0.1, 0.15) is 10.5 Å². The number of carbonyl (C=O) groups excluding carboxylic acids is 1. The van der Waals surface area contributed by atoms with Crippen LogP contribution in [0.3, 0.4) is 0 Å². The van der Waals surface area contributed by atoms with E-state index in [0.717, 1.165) is 0 Å². The van der Waals surface area contributed by atoms with Crippen molar-refractivity contribution in [2.24, 2.45) is 7.05 Å². The van der Waals surface area contributed by atoms with Crippen molar-refractivity contribution in [2.45, 2.75) is 0 Å². The first-order valence-electron chi connectivity index (χ1n) is 4.02. The van der Waals surface area contributed by atoms with Crippen LogP contribution in [-0.2, 0) is 7.05 Å². The van der Waals surface area contributed by atoms with Crippen molar-refractivity contribution in [3.05, 3.63) is 30.2 Å². The molecule has 0 aliphatic carbocycles. The summed E-state index contributed by atoms with van der Waals surface area (Å²) in [4.78, 5) is 11.7. The van der Waals surface area contributed by atoms with Crippen LogP contribution in [0.5, 0.6) is 0 Å². The minimum Gasteiger partial charge on any atom is -0.382 e. The molecule has 6 heteroatoms. The molecule has 0 unspecified atom stereocenters. The molecule has 2 aromatic rings. The van der Waals surface area contributed by atoms with E-state index in [1.807, 2.05) is 0 Å². The van der Waals surface area contributed by atoms with Crippen molar-refractivity contribution >= 4 is 11.7 Å². The van der Waals surface area contributed by atoms with Crippen molar-refractivity contribution in [2.75, 3.05) is 5.73 Å². The van der Waals surface area contributed by atoms with E-state index >= 15 is 0 Å². The Morgan fingerprint density at radius 1 is 1.57 bits per heavy atom. The van der Waals surface area contributed by atoms with Crippen molar-refractivity contribution in [3.8, 4) is 0 Å². The summed E-state index contributed by atoms with van der Waals surface area (Å²) in [6.45, 7) is 0. The van der Waals surface area contributed by atoms with Crippen LogP contribution in [-0.4, -0.2) is 25.5 Å². The van der Waals surface area contributed by atoms with Crippen LogP contribution < -0.4 is 5.73 Å². The Morgan fingerprint density at radius 2 is 2.36 bits per heavy atom. The summed E-state index contributed by atoms with van der Waals surface area (Å²) < 4.78 is 2.66. The van der Waals surface area contributed by atoms with Gasteiger partial charge in [-0.15, -0.1) is 0 Å². The summed E-state index contributed by atoms with van der Waals surface area (Å²) in [6, 6.07) is 3.20. The number of nitrogens with zero attached hydrogens (tertiary/aromatic N) is 4. The Kier molecular flexibility index (Phi) is 1.81. The second kappa shape index (κ2) is 2.99. The molecule has 0 aliphatic rings. The van der Waals surface area contributed by atoms with Crippen molar-refractivity contribution in [3.63, 3.8) is 0 Å². The normalized spacial score (nSPS) is 10.4. The Hall–Kier alpha value is -2.11. The molecule has 0 fully saturated rings. The van der Waals surface area contributed by atoms with E-state index in [9.17, 15) is 4.79 Å². The summed E-state index contributed by atoms with van der Waals surface area (Å²) >= 11 is 0. The maximum atomic E-state index is 11.7. The fraction of sp³-hybridized carbons (Fsp3) is 0.125. The second-order valence-electron chi connectivity index (χ2n) is 2.83. The molecular weight excluding hydrogens is 182 g/mol. The largest absolute Gasteiger partial charge is 0.382 e. The summed E-state index contributed by atoms with van der Waals surface area (Å²) in [5.74, 6) is 0.0738. The number of hydrogen-bond acceptors (Lipinski definition) is 4. The third-order valence-electron chi connectivity index (χ3n) is 1.83. The van der Waals surface area contributed by atoms with E-state index in [2.05, 4.69) is 10.2 Å². The molecule has 72 valence electrons. The Morgan fingerprint density at radius 3 is 2.86 bits per heavy atom. The Balaban J connectivity index is 2.41. The zero-order chi connectivity index (χ0) is 10.1. The summed E-state index contributed by atoms with van der Waals surface area (Å²) in [7, 11) is 1.66. The van der Waals surface area contributed by atoms with Gasteiger partial charge in [0, 0.05) is 25.5 Å². The first-order valence-corrected chi connectivity index (χ1v) is 4.02. The molecular formula is C8H9N5O. The van der Waals surface area contributed by atoms with Gasteiger partial charge in [0.05, 0.1) is 0 Å². The average molecular weight is 191 g/mol. The Labute approximate surface area is 79.9 Å². The van der Waals surface area contributed by atoms with Gasteiger partial charge in [0.1, 0.15) is 11.5 Å². The van der Waals surface area contributed by atoms with E-state index in [1.165, 1.54) is 21.6 Å². The molecule has 0 amide bonds. The maximum absolute atomic E-state index is 11.7. The zero-order valence-corrected chi connectivity index (χ0v) is 7.58. The maximum Gasteiger partial charge on any atom is 0.296 e. The molecule has 2 aromatic heterocycles. The predicted octanol–water partition coefficient (Wildman–Crippen LogP) is -0.113. The molecule has 0 bridgehead atoms. The van der Waals surface area contributed by atoms with Gasteiger partial charge in [-0.05, 0) is 6.07 Å². The quantitative estimate of drug-likeness (QED) is 0.682. The number of aromatic nitrogens is 4. The monoisotopic (exact) mass is 191 g/mol. The smallest absolute Gasteiger partial charge is 0.296 e. The molecule has 0 aliphatic heterocycles. The molecule has 6 nitrogen and oxygen atoms in total. The van der Waals surface area contributed by atoms with Gasteiger partial charge in [-0.3, -0.25) is 9.48 Å². The average Bonchev–Trinajstić information content (AvgIpc) is 2.73. The van der Waals surface area contributed by atoms with Crippen molar-refractivity contribution in [1.29, 1.82) is 0 Å². The van der Waals surface area contributed by atoms with Gasteiger partial charge in [-0.25, -0.2) is 4.68 Å². The van der Waals surface area contributed by atoms with E-state index < -0.39 is 0 Å². The topological polar surface area (TPSA) is 78.7 Å². The predicted molar refractivity (Wildman–Crippen MR) is 49.6 cm³/mol. The number of nitrogen functional groups attached to an aromatic ring is 1. The number of hydrogen-bond donors (Lipinski definition) is 1. The van der Waals surface area contributed by atoms with Gasteiger partial charge < -0.3 is 5.73 Å². The lowest BCUT2D eigenvalue weighted by molar-refractivity contribution is 0.0935. The highest BCUT2D eigenvalue weighted by Gasteiger charge is 2.13. The van der Waals surface area contributed by atoms with Gasteiger partial charge in [0.15, 0.2) is 0 Å². The van der Waals surface area contributed by atoms with E-state index in [4.69, 9.17) is 5.73 Å². The highest BCUT2D eigenvalue weighted by molar-refractivity contribution is 5.94. The summed E-state index contributed by atoms with van der Waals surface area (Å²) in [5.41, 5.74) is 5.87. The molecule has 0 saturated carbocycles. The van der Waals surface area contributed by atoms with E-state index in [1.54, 1.807) is 19.3 Å². The first-order chi connectivity index (χ1) is 6.68. The standard InChI is InChI=1S/C8H9N5O/c1-12-6(5-7(9)11-12)8(14)13-4-2-3-10-13/h2-5H,1H3,(H2,9,11). The van der Waals surface area contributed by atoms with Gasteiger partial charge in [-0.2, -0.15) is 10.2 Å². The van der Waals surface area contributed by atoms with Gasteiger partial charge in [-0.1, -0.05) is 0 Å². The molecule has 0 radical (unpaired) electrons. The molecule has 0 saturated heterocycles. The number of carbonyl (C=O) groups is 1. The minimum atomic E-state index is -0.248. The van der Waals surface area contributed by atoms with Crippen LogP contribution in [0.4, 0.5) is 5.82 Å². The molecule has 0 aromatic carbocycles. The third-order valence-corrected chi connectivity index (χ3v) is 1.83. The number of anilines is 1. The fourth-order valence-electron chi connectivity index (χ4n) is 1.20. The van der Waals surface area contributed by atoms with Gasteiger partial charge >= 0.3 is 0 Å². The summed E-state index contributed by atoms with van der Waals surface area (Å²) in [5, 5.41) is 7.70. The molecule has 0 atom stereocenters. The molecule has 0 spiro atoms. The molecule has 2 heterocycles. The lowest BCUT2D eigenvalue weighted by Gasteiger charge is -1.99. The minimum absolute atomic E-state index is 0.248. The van der Waals surface area contributed by atoms with Crippen LogP contribution in [0.15, 0.2) is 24.5 Å². The first kappa shape index (κ1) is 8.49. The van der Waals surface area contributed by atoms with E-state index in [0.29, 0.717) is 11.5 Å². The Bertz CT molecular complexity index is 456. The van der Waals surface area contributed by atoms with Crippen LogP contribution in [0.2, 0.25) is 0 Å². The van der Waals surface area contributed by atoms with Crippen molar-refractivity contribution < 1.29 is 4.79 Å². The number of nitrogens with two attached hydrogens (primary N) is 1. The molecule has 14 heavy (non-hydrogen) atoms. The lowest BCUT2D eigenvalue weighted by atomic mass is 10.4. The number of aryl methyl sites for hydroxylation is 1. The molecule has 2 rings (SSSR count).